The van der Waals surface area contributed by atoms with E-state index in [9.17, 15) is 0 Å². The molecule has 2 nitrogen and oxygen atoms in total. The Morgan fingerprint density at radius 3 is 1.92 bits per heavy atom. The number of aromatic nitrogens is 2. The second kappa shape index (κ2) is 6.60. The van der Waals surface area contributed by atoms with Gasteiger partial charge >= 0.3 is 0 Å². The Balaban J connectivity index is 1.71. The summed E-state index contributed by atoms with van der Waals surface area (Å²) in [5, 5.41) is 11.5. The Hall–Kier alpha value is -4.47. The molecule has 0 unspecified atom stereocenters. The van der Waals surface area contributed by atoms with Crippen LogP contribution in [-0.2, 0) is 0 Å². The highest BCUT2D eigenvalue weighted by Crippen LogP contribution is 2.44. The van der Waals surface area contributed by atoms with Crippen LogP contribution in [0.5, 0.6) is 0 Å². The first-order valence-corrected chi connectivity index (χ1v) is 13.1. The van der Waals surface area contributed by atoms with E-state index in [-0.39, 0.29) is 0 Å². The van der Waals surface area contributed by atoms with Crippen LogP contribution >= 0.6 is 11.3 Å². The summed E-state index contributed by atoms with van der Waals surface area (Å²) in [6.07, 6.45) is 0. The third-order valence-corrected chi connectivity index (χ3v) is 8.86. The first-order chi connectivity index (χ1) is 17.9. The van der Waals surface area contributed by atoms with Crippen molar-refractivity contribution >= 4 is 91.4 Å². The predicted octanol–water partition coefficient (Wildman–Crippen LogP) is 9.47. The molecule has 0 N–H and O–H groups in total. The first kappa shape index (κ1) is 18.8. The van der Waals surface area contributed by atoms with Gasteiger partial charge in [-0.3, -0.25) is 4.40 Å². The number of nitrogens with zero attached hydrogens (tertiary/aromatic N) is 2. The zero-order chi connectivity index (χ0) is 23.4. The van der Waals surface area contributed by atoms with Gasteiger partial charge in [0.05, 0.1) is 16.6 Å². The van der Waals surface area contributed by atoms with Gasteiger partial charge in [-0.1, -0.05) is 78.9 Å². The molecule has 0 bridgehead atoms. The second-order valence-corrected chi connectivity index (χ2v) is 10.6. The summed E-state index contributed by atoms with van der Waals surface area (Å²) in [4.78, 5) is 5.24. The van der Waals surface area contributed by atoms with E-state index in [0.717, 1.165) is 16.7 Å². The third kappa shape index (κ3) is 2.24. The molecule has 3 heteroatoms. The van der Waals surface area contributed by atoms with Crippen LogP contribution in [0.25, 0.3) is 80.1 Å². The largest absolute Gasteiger partial charge is 0.292 e. The monoisotopic (exact) mass is 474 g/mol. The standard InChI is InChI=1S/C33H18N2S/c1-3-12-22-19(9-1)20-10-2-4-13-23(20)32-31(22)25-17-24-21-11-5-8-16-29(21)36-30(24)18-28(25)35-27-15-7-6-14-26(27)34-33(32)35/h1-18H. The third-order valence-electron chi connectivity index (χ3n) is 7.72. The fraction of sp³-hybridized carbons (Fsp3) is 0. The van der Waals surface area contributed by atoms with Crippen molar-refractivity contribution in [3.8, 4) is 0 Å². The number of rotatable bonds is 0. The van der Waals surface area contributed by atoms with E-state index in [1.807, 2.05) is 11.3 Å². The molecule has 0 aliphatic rings. The molecule has 9 aromatic rings. The molecule has 6 aromatic carbocycles. The van der Waals surface area contributed by atoms with Gasteiger partial charge < -0.3 is 0 Å². The molecular weight excluding hydrogens is 456 g/mol. The number of thiophene rings is 1. The summed E-state index contributed by atoms with van der Waals surface area (Å²) in [6.45, 7) is 0. The second-order valence-electron chi connectivity index (χ2n) is 9.56. The van der Waals surface area contributed by atoms with E-state index in [1.165, 1.54) is 63.4 Å². The highest BCUT2D eigenvalue weighted by Gasteiger charge is 2.20. The maximum Gasteiger partial charge on any atom is 0.147 e. The van der Waals surface area contributed by atoms with Gasteiger partial charge in [-0.2, -0.15) is 0 Å². The molecule has 0 saturated heterocycles. The van der Waals surface area contributed by atoms with Crippen molar-refractivity contribution in [3.63, 3.8) is 0 Å². The molecule has 0 fully saturated rings. The van der Waals surface area contributed by atoms with Crippen molar-refractivity contribution in [1.29, 1.82) is 0 Å². The van der Waals surface area contributed by atoms with Crippen LogP contribution in [0.15, 0.2) is 109 Å². The average molecular weight is 475 g/mol. The van der Waals surface area contributed by atoms with Gasteiger partial charge in [0.25, 0.3) is 0 Å². The zero-order valence-electron chi connectivity index (χ0n) is 19.2. The lowest BCUT2D eigenvalue weighted by Gasteiger charge is -2.15. The summed E-state index contributed by atoms with van der Waals surface area (Å²) in [7, 11) is 0. The Bertz CT molecular complexity index is 2370. The summed E-state index contributed by atoms with van der Waals surface area (Å²) >= 11 is 1.87. The smallest absolute Gasteiger partial charge is 0.147 e. The van der Waals surface area contributed by atoms with Gasteiger partial charge in [0, 0.05) is 36.3 Å². The number of benzene rings is 6. The van der Waals surface area contributed by atoms with Gasteiger partial charge in [-0.05, 0) is 51.9 Å². The lowest BCUT2D eigenvalue weighted by atomic mass is 9.92. The number of hydrogen-bond donors (Lipinski definition) is 0. The molecular formula is C33H18N2S. The molecule has 9 rings (SSSR count). The maximum atomic E-state index is 5.24. The fourth-order valence-electron chi connectivity index (χ4n) is 6.24. The van der Waals surface area contributed by atoms with Gasteiger partial charge in [-0.25, -0.2) is 4.98 Å². The Morgan fingerprint density at radius 2 is 1.11 bits per heavy atom. The molecule has 0 atom stereocenters. The minimum Gasteiger partial charge on any atom is -0.292 e. The van der Waals surface area contributed by atoms with Gasteiger partial charge in [0.15, 0.2) is 0 Å². The lowest BCUT2D eigenvalue weighted by molar-refractivity contribution is 1.32. The SMILES string of the molecule is c1ccc2c(c1)nc1c3c4ccccc4c4ccccc4c3c3cc4c(cc3n21)sc1ccccc14. The zero-order valence-corrected chi connectivity index (χ0v) is 20.0. The van der Waals surface area contributed by atoms with E-state index >= 15 is 0 Å². The summed E-state index contributed by atoms with van der Waals surface area (Å²) < 4.78 is 5.03. The summed E-state index contributed by atoms with van der Waals surface area (Å²) in [5.74, 6) is 0. The molecule has 3 aromatic heterocycles. The maximum absolute atomic E-state index is 5.24. The summed E-state index contributed by atoms with van der Waals surface area (Å²) in [5.41, 5.74) is 4.42. The molecule has 36 heavy (non-hydrogen) atoms. The van der Waals surface area contributed by atoms with Crippen LogP contribution in [0.2, 0.25) is 0 Å². The predicted molar refractivity (Wildman–Crippen MR) is 156 cm³/mol. The van der Waals surface area contributed by atoms with Crippen LogP contribution < -0.4 is 0 Å². The molecule has 0 aliphatic heterocycles. The molecule has 166 valence electrons. The van der Waals surface area contributed by atoms with E-state index in [0.29, 0.717) is 0 Å². The highest BCUT2D eigenvalue weighted by molar-refractivity contribution is 7.25. The van der Waals surface area contributed by atoms with Crippen LogP contribution in [0.1, 0.15) is 0 Å². The first-order valence-electron chi connectivity index (χ1n) is 12.2. The van der Waals surface area contributed by atoms with Crippen molar-refractivity contribution < 1.29 is 0 Å². The van der Waals surface area contributed by atoms with E-state index < -0.39 is 0 Å². The fourth-order valence-corrected chi connectivity index (χ4v) is 7.36. The van der Waals surface area contributed by atoms with Gasteiger partial charge in [-0.15, -0.1) is 11.3 Å². The molecule has 0 amide bonds. The molecule has 0 aliphatic carbocycles. The lowest BCUT2D eigenvalue weighted by Crippen LogP contribution is -1.94. The number of fused-ring (bicyclic) bond motifs is 16. The number of para-hydroxylation sites is 2. The van der Waals surface area contributed by atoms with Crippen molar-refractivity contribution in [2.75, 3.05) is 0 Å². The topological polar surface area (TPSA) is 17.3 Å². The van der Waals surface area contributed by atoms with Gasteiger partial charge in [0.1, 0.15) is 5.65 Å². The quantitative estimate of drug-likeness (QED) is 0.200. The van der Waals surface area contributed by atoms with Crippen molar-refractivity contribution in [1.82, 2.24) is 9.38 Å². The van der Waals surface area contributed by atoms with Crippen LogP contribution in [0, 0.1) is 0 Å². The molecule has 3 heterocycles. The van der Waals surface area contributed by atoms with Crippen LogP contribution in [-0.4, -0.2) is 9.38 Å². The molecule has 0 spiro atoms. The Kier molecular flexibility index (Phi) is 3.45. The normalized spacial score (nSPS) is 12.4. The van der Waals surface area contributed by atoms with E-state index in [1.54, 1.807) is 0 Å². The molecule has 0 radical (unpaired) electrons. The number of imidazole rings is 1. The van der Waals surface area contributed by atoms with Crippen molar-refractivity contribution in [2.24, 2.45) is 0 Å². The minimum absolute atomic E-state index is 1.03. The number of hydrogen-bond acceptors (Lipinski definition) is 2. The van der Waals surface area contributed by atoms with Crippen LogP contribution in [0.3, 0.4) is 0 Å². The Morgan fingerprint density at radius 1 is 0.472 bits per heavy atom. The summed E-state index contributed by atoms with van der Waals surface area (Å²) in [6, 6.07) is 39.7. The van der Waals surface area contributed by atoms with Crippen molar-refractivity contribution in [3.05, 3.63) is 109 Å². The van der Waals surface area contributed by atoms with Gasteiger partial charge in [0.2, 0.25) is 0 Å². The van der Waals surface area contributed by atoms with Crippen LogP contribution in [0.4, 0.5) is 0 Å². The number of pyridine rings is 1. The Labute approximate surface area is 209 Å². The van der Waals surface area contributed by atoms with E-state index in [4.69, 9.17) is 4.98 Å². The molecule has 0 saturated carbocycles. The minimum atomic E-state index is 1.03. The average Bonchev–Trinajstić information content (AvgIpc) is 3.50. The van der Waals surface area contributed by atoms with Crippen molar-refractivity contribution in [2.45, 2.75) is 0 Å². The highest BCUT2D eigenvalue weighted by atomic mass is 32.1. The van der Waals surface area contributed by atoms with E-state index in [2.05, 4.69) is 114 Å².